The van der Waals surface area contributed by atoms with E-state index in [0.29, 0.717) is 12.0 Å². The van der Waals surface area contributed by atoms with E-state index in [9.17, 15) is 0 Å². The number of para-hydroxylation sites is 1. The predicted octanol–water partition coefficient (Wildman–Crippen LogP) is 6.10. The van der Waals surface area contributed by atoms with Crippen LogP contribution in [-0.4, -0.2) is 4.57 Å². The minimum Gasteiger partial charge on any atom is -0.398 e. The van der Waals surface area contributed by atoms with E-state index in [-0.39, 0.29) is 0 Å². The Labute approximate surface area is 170 Å². The molecule has 0 bridgehead atoms. The van der Waals surface area contributed by atoms with Crippen LogP contribution in [-0.2, 0) is 6.42 Å². The van der Waals surface area contributed by atoms with Crippen LogP contribution in [0.3, 0.4) is 0 Å². The average Bonchev–Trinajstić information content (AvgIpc) is 3.30. The molecule has 2 unspecified atom stereocenters. The number of benzene rings is 3. The van der Waals surface area contributed by atoms with Crippen LogP contribution in [0.4, 0.5) is 0 Å². The van der Waals surface area contributed by atoms with Gasteiger partial charge in [0.15, 0.2) is 0 Å². The molecular weight excluding hydrogens is 352 g/mol. The van der Waals surface area contributed by atoms with Gasteiger partial charge in [-0.2, -0.15) is 0 Å². The first-order valence-electron chi connectivity index (χ1n) is 10.2. The van der Waals surface area contributed by atoms with Gasteiger partial charge >= 0.3 is 0 Å². The van der Waals surface area contributed by atoms with Gasteiger partial charge in [-0.1, -0.05) is 91.0 Å². The Morgan fingerprint density at radius 3 is 2.66 bits per heavy atom. The second-order valence-corrected chi connectivity index (χ2v) is 7.98. The molecule has 1 aliphatic carbocycles. The minimum absolute atomic E-state index is 0.349. The molecule has 0 saturated carbocycles. The maximum absolute atomic E-state index is 6.49. The van der Waals surface area contributed by atoms with Crippen molar-refractivity contribution in [1.29, 1.82) is 0 Å². The largest absolute Gasteiger partial charge is 0.398 e. The van der Waals surface area contributed by atoms with Crippen LogP contribution < -0.4 is 5.73 Å². The molecule has 0 spiro atoms. The van der Waals surface area contributed by atoms with Gasteiger partial charge in [0.25, 0.3) is 0 Å². The second kappa shape index (κ2) is 6.25. The molecular formula is C27H22N2. The van der Waals surface area contributed by atoms with E-state index in [1.165, 1.54) is 32.9 Å². The van der Waals surface area contributed by atoms with E-state index in [2.05, 4.69) is 95.6 Å². The first-order valence-corrected chi connectivity index (χ1v) is 10.2. The Hall–Kier alpha value is -3.52. The second-order valence-electron chi connectivity index (χ2n) is 7.98. The SMILES string of the molecule is N/C(=C\Cc1ccccc1)c1ccc2c3cccc4c3n(c2c1)C1C=CC=CC41. The van der Waals surface area contributed by atoms with E-state index < -0.39 is 0 Å². The molecule has 2 nitrogen and oxygen atoms in total. The molecule has 2 atom stereocenters. The monoisotopic (exact) mass is 374 g/mol. The molecule has 140 valence electrons. The molecule has 6 rings (SSSR count). The number of aromatic nitrogens is 1. The molecule has 0 fully saturated rings. The zero-order valence-electron chi connectivity index (χ0n) is 16.1. The van der Waals surface area contributed by atoms with Crippen LogP contribution in [0.1, 0.15) is 28.7 Å². The smallest absolute Gasteiger partial charge is 0.0630 e. The van der Waals surface area contributed by atoms with Crippen LogP contribution in [0.25, 0.3) is 27.5 Å². The Balaban J connectivity index is 1.49. The van der Waals surface area contributed by atoms with Gasteiger partial charge in [-0.25, -0.2) is 0 Å². The van der Waals surface area contributed by atoms with Crippen molar-refractivity contribution in [3.05, 3.63) is 114 Å². The fourth-order valence-electron chi connectivity index (χ4n) is 4.97. The number of nitrogens with two attached hydrogens (primary N) is 1. The lowest BCUT2D eigenvalue weighted by atomic mass is 9.90. The third-order valence-corrected chi connectivity index (χ3v) is 6.35. The van der Waals surface area contributed by atoms with Gasteiger partial charge < -0.3 is 10.3 Å². The molecule has 0 amide bonds. The molecule has 2 aliphatic rings. The highest BCUT2D eigenvalue weighted by Gasteiger charge is 2.33. The predicted molar refractivity (Wildman–Crippen MR) is 122 cm³/mol. The summed E-state index contributed by atoms with van der Waals surface area (Å²) >= 11 is 0. The summed E-state index contributed by atoms with van der Waals surface area (Å²) in [5, 5.41) is 2.65. The number of nitrogens with zero attached hydrogens (tertiary/aromatic N) is 1. The zero-order valence-corrected chi connectivity index (χ0v) is 16.1. The van der Waals surface area contributed by atoms with Crippen molar-refractivity contribution in [2.24, 2.45) is 5.73 Å². The van der Waals surface area contributed by atoms with E-state index in [4.69, 9.17) is 5.73 Å². The third-order valence-electron chi connectivity index (χ3n) is 6.35. The lowest BCUT2D eigenvalue weighted by Crippen LogP contribution is -2.09. The Kier molecular flexibility index (Phi) is 3.54. The van der Waals surface area contributed by atoms with E-state index >= 15 is 0 Å². The molecule has 29 heavy (non-hydrogen) atoms. The van der Waals surface area contributed by atoms with E-state index in [0.717, 1.165) is 17.7 Å². The van der Waals surface area contributed by atoms with Crippen molar-refractivity contribution in [2.75, 3.05) is 0 Å². The summed E-state index contributed by atoms with van der Waals surface area (Å²) in [5.74, 6) is 0.428. The van der Waals surface area contributed by atoms with Crippen LogP contribution in [0.5, 0.6) is 0 Å². The minimum atomic E-state index is 0.349. The molecule has 1 aromatic heterocycles. The molecule has 1 aliphatic heterocycles. The summed E-state index contributed by atoms with van der Waals surface area (Å²) in [4.78, 5) is 0. The van der Waals surface area contributed by atoms with Crippen LogP contribution in [0.15, 0.2) is 97.1 Å². The number of allylic oxidation sites excluding steroid dienone is 5. The van der Waals surface area contributed by atoms with Gasteiger partial charge in [0.05, 0.1) is 17.1 Å². The molecule has 0 saturated heterocycles. The van der Waals surface area contributed by atoms with Crippen molar-refractivity contribution in [3.63, 3.8) is 0 Å². The molecule has 2 heterocycles. The van der Waals surface area contributed by atoms with E-state index in [1.807, 2.05) is 6.07 Å². The molecule has 2 N–H and O–H groups in total. The van der Waals surface area contributed by atoms with Gasteiger partial charge in [0, 0.05) is 22.4 Å². The number of rotatable bonds is 3. The summed E-state index contributed by atoms with van der Waals surface area (Å²) in [6.45, 7) is 0. The van der Waals surface area contributed by atoms with Crippen molar-refractivity contribution < 1.29 is 0 Å². The highest BCUT2D eigenvalue weighted by atomic mass is 15.0. The van der Waals surface area contributed by atoms with Crippen molar-refractivity contribution >= 4 is 27.5 Å². The molecule has 3 aromatic carbocycles. The molecule has 4 aromatic rings. The maximum Gasteiger partial charge on any atom is 0.0630 e. The lowest BCUT2D eigenvalue weighted by molar-refractivity contribution is 0.615. The Morgan fingerprint density at radius 1 is 0.897 bits per heavy atom. The van der Waals surface area contributed by atoms with Crippen molar-refractivity contribution in [1.82, 2.24) is 4.57 Å². The third kappa shape index (κ3) is 2.42. The van der Waals surface area contributed by atoms with Gasteiger partial charge in [-0.05, 0) is 29.2 Å². The molecule has 2 heteroatoms. The number of hydrogen-bond donors (Lipinski definition) is 1. The number of hydrogen-bond acceptors (Lipinski definition) is 1. The Bertz CT molecular complexity index is 1340. The standard InChI is InChI=1S/C27H22N2/c28-24(16-13-18-7-2-1-3-8-18)19-14-15-21-23-11-6-10-22-20-9-4-5-12-25(20)29(27(22)23)26(21)17-19/h1-12,14-17,20,25H,13,28H2/b24-16-. The van der Waals surface area contributed by atoms with Gasteiger partial charge in [0.2, 0.25) is 0 Å². The van der Waals surface area contributed by atoms with Crippen LogP contribution in [0.2, 0.25) is 0 Å². The first kappa shape index (κ1) is 16.4. The van der Waals surface area contributed by atoms with Crippen LogP contribution >= 0.6 is 0 Å². The highest BCUT2D eigenvalue weighted by molar-refractivity contribution is 6.11. The normalized spacial score (nSPS) is 19.9. The van der Waals surface area contributed by atoms with Crippen molar-refractivity contribution in [3.8, 4) is 0 Å². The van der Waals surface area contributed by atoms with Gasteiger partial charge in [-0.3, -0.25) is 0 Å². The van der Waals surface area contributed by atoms with Gasteiger partial charge in [-0.15, -0.1) is 0 Å². The Morgan fingerprint density at radius 2 is 1.76 bits per heavy atom. The number of fused-ring (bicyclic) bond motifs is 6. The topological polar surface area (TPSA) is 30.9 Å². The van der Waals surface area contributed by atoms with E-state index in [1.54, 1.807) is 0 Å². The summed E-state index contributed by atoms with van der Waals surface area (Å²) in [6.07, 6.45) is 12.0. The maximum atomic E-state index is 6.49. The summed E-state index contributed by atoms with van der Waals surface area (Å²) < 4.78 is 2.51. The highest BCUT2D eigenvalue weighted by Crippen LogP contribution is 2.49. The fourth-order valence-corrected chi connectivity index (χ4v) is 4.97. The first-order chi connectivity index (χ1) is 14.3. The lowest BCUT2D eigenvalue weighted by Gasteiger charge is -2.20. The average molecular weight is 374 g/mol. The summed E-state index contributed by atoms with van der Waals surface area (Å²) in [5.41, 5.74) is 13.8. The van der Waals surface area contributed by atoms with Crippen molar-refractivity contribution in [2.45, 2.75) is 18.4 Å². The van der Waals surface area contributed by atoms with Crippen LogP contribution in [0, 0.1) is 0 Å². The zero-order chi connectivity index (χ0) is 19.4. The molecule has 0 radical (unpaired) electrons. The quantitative estimate of drug-likeness (QED) is 0.461. The fraction of sp³-hybridized carbons (Fsp3) is 0.111. The summed E-state index contributed by atoms with van der Waals surface area (Å²) in [6, 6.07) is 24.2. The van der Waals surface area contributed by atoms with Gasteiger partial charge in [0.1, 0.15) is 0 Å². The summed E-state index contributed by atoms with van der Waals surface area (Å²) in [7, 11) is 0.